The molecule has 0 heterocycles. The van der Waals surface area contributed by atoms with Gasteiger partial charge in [0.15, 0.2) is 0 Å². The molecule has 0 radical (unpaired) electrons. The van der Waals surface area contributed by atoms with Crippen LogP contribution in [0.1, 0.15) is 17.3 Å². The summed E-state index contributed by atoms with van der Waals surface area (Å²) >= 11 is 0. The zero-order valence-electron chi connectivity index (χ0n) is 10.9. The van der Waals surface area contributed by atoms with Crippen molar-refractivity contribution < 1.29 is 18.1 Å². The van der Waals surface area contributed by atoms with Crippen LogP contribution in [-0.2, 0) is 15.5 Å². The largest absolute Gasteiger partial charge is 0.462 e. The van der Waals surface area contributed by atoms with Crippen molar-refractivity contribution in [1.29, 1.82) is 0 Å². The zero-order valence-corrected chi connectivity index (χ0v) is 11.7. The molecule has 0 aliphatic carbocycles. The first-order chi connectivity index (χ1) is 8.95. The molecule has 5 nitrogen and oxygen atoms in total. The summed E-state index contributed by atoms with van der Waals surface area (Å²) in [6.45, 7) is 2.23. The lowest BCUT2D eigenvalue weighted by atomic mass is 10.1. The number of hydrogen-bond donors (Lipinski definition) is 2. The molecule has 1 atom stereocenters. The van der Waals surface area contributed by atoms with Gasteiger partial charge in [0.2, 0.25) is 0 Å². The second-order valence-electron chi connectivity index (χ2n) is 3.84. The van der Waals surface area contributed by atoms with Crippen molar-refractivity contribution in [2.24, 2.45) is 0 Å². The van der Waals surface area contributed by atoms with Gasteiger partial charge in [-0.05, 0) is 19.1 Å². The SMILES string of the molecule is CCOC(=O)c1cc(NCCS(C)=O)c(F)cc1N. The Morgan fingerprint density at radius 2 is 2.21 bits per heavy atom. The lowest BCUT2D eigenvalue weighted by molar-refractivity contribution is 0.0527. The number of anilines is 2. The molecule has 1 aromatic carbocycles. The van der Waals surface area contributed by atoms with Gasteiger partial charge < -0.3 is 15.8 Å². The van der Waals surface area contributed by atoms with Crippen LogP contribution in [0.2, 0.25) is 0 Å². The van der Waals surface area contributed by atoms with Crippen molar-refractivity contribution in [2.45, 2.75) is 6.92 Å². The molecular formula is C12H17FN2O3S. The van der Waals surface area contributed by atoms with Crippen molar-refractivity contribution in [3.63, 3.8) is 0 Å². The fourth-order valence-corrected chi connectivity index (χ4v) is 1.83. The molecular weight excluding hydrogens is 271 g/mol. The van der Waals surface area contributed by atoms with Crippen LogP contribution in [0.4, 0.5) is 15.8 Å². The Morgan fingerprint density at radius 3 is 2.79 bits per heavy atom. The Bertz CT molecular complexity index is 494. The standard InChI is InChI=1S/C12H17FN2O3S/c1-3-18-12(16)8-6-11(9(13)7-10(8)14)15-4-5-19(2)17/h6-7,15H,3-5,14H2,1-2H3. The Hall–Kier alpha value is -1.63. The summed E-state index contributed by atoms with van der Waals surface area (Å²) in [4.78, 5) is 11.6. The van der Waals surface area contributed by atoms with Crippen LogP contribution >= 0.6 is 0 Å². The highest BCUT2D eigenvalue weighted by molar-refractivity contribution is 7.84. The summed E-state index contributed by atoms with van der Waals surface area (Å²) in [5.41, 5.74) is 5.87. The van der Waals surface area contributed by atoms with Crippen molar-refractivity contribution in [2.75, 3.05) is 36.2 Å². The molecule has 0 spiro atoms. The number of rotatable bonds is 6. The maximum Gasteiger partial charge on any atom is 0.340 e. The van der Waals surface area contributed by atoms with E-state index in [1.807, 2.05) is 0 Å². The summed E-state index contributed by atoms with van der Waals surface area (Å²) < 4.78 is 29.4. The number of halogens is 1. The second-order valence-corrected chi connectivity index (χ2v) is 5.40. The van der Waals surface area contributed by atoms with Crippen molar-refractivity contribution >= 4 is 28.1 Å². The first kappa shape index (κ1) is 15.4. The van der Waals surface area contributed by atoms with Crippen LogP contribution in [-0.4, -0.2) is 35.3 Å². The average molecular weight is 288 g/mol. The minimum atomic E-state index is -0.969. The number of ether oxygens (including phenoxy) is 1. The lowest BCUT2D eigenvalue weighted by Gasteiger charge is -2.11. The van der Waals surface area contributed by atoms with Crippen molar-refractivity contribution in [3.8, 4) is 0 Å². The molecule has 3 N–H and O–H groups in total. The van der Waals surface area contributed by atoms with Gasteiger partial charge in [-0.2, -0.15) is 0 Å². The van der Waals surface area contributed by atoms with E-state index in [9.17, 15) is 13.4 Å². The molecule has 0 aromatic heterocycles. The predicted octanol–water partition coefficient (Wildman–Crippen LogP) is 1.37. The third-order valence-electron chi connectivity index (χ3n) is 2.34. The fourth-order valence-electron chi connectivity index (χ4n) is 1.44. The number of nitrogens with one attached hydrogen (secondary N) is 1. The van der Waals surface area contributed by atoms with Crippen molar-refractivity contribution in [3.05, 3.63) is 23.5 Å². The number of esters is 1. The van der Waals surface area contributed by atoms with Crippen LogP contribution < -0.4 is 11.1 Å². The first-order valence-corrected chi connectivity index (χ1v) is 7.48. The van der Waals surface area contributed by atoms with E-state index in [0.717, 1.165) is 6.07 Å². The molecule has 0 saturated heterocycles. The van der Waals surface area contributed by atoms with Crippen LogP contribution in [0, 0.1) is 5.82 Å². The molecule has 19 heavy (non-hydrogen) atoms. The van der Waals surface area contributed by atoms with Crippen LogP contribution in [0.3, 0.4) is 0 Å². The Balaban J connectivity index is 2.89. The summed E-state index contributed by atoms with van der Waals surface area (Å²) in [6.07, 6.45) is 1.56. The second kappa shape index (κ2) is 7.08. The monoisotopic (exact) mass is 288 g/mol. The number of nitrogens with two attached hydrogens (primary N) is 1. The third-order valence-corrected chi connectivity index (χ3v) is 3.12. The highest BCUT2D eigenvalue weighted by Crippen LogP contribution is 2.22. The van der Waals surface area contributed by atoms with E-state index >= 15 is 0 Å². The van der Waals surface area contributed by atoms with Gasteiger partial charge in [0.25, 0.3) is 0 Å². The molecule has 1 unspecified atom stereocenters. The maximum absolute atomic E-state index is 13.6. The molecule has 0 fully saturated rings. The van der Waals surface area contributed by atoms with Gasteiger partial charge in [0.05, 0.1) is 17.9 Å². The normalized spacial score (nSPS) is 11.9. The van der Waals surface area contributed by atoms with Crippen LogP contribution in [0.25, 0.3) is 0 Å². The average Bonchev–Trinajstić information content (AvgIpc) is 2.31. The minimum Gasteiger partial charge on any atom is -0.462 e. The van der Waals surface area contributed by atoms with Crippen LogP contribution in [0.5, 0.6) is 0 Å². The highest BCUT2D eigenvalue weighted by Gasteiger charge is 2.15. The molecule has 7 heteroatoms. The van der Waals surface area contributed by atoms with E-state index in [4.69, 9.17) is 10.5 Å². The summed E-state index contributed by atoms with van der Waals surface area (Å²) in [6, 6.07) is 2.37. The number of carbonyl (C=O) groups excluding carboxylic acids is 1. The molecule has 0 saturated carbocycles. The van der Waals surface area contributed by atoms with E-state index in [2.05, 4.69) is 5.32 Å². The predicted molar refractivity (Wildman–Crippen MR) is 74.2 cm³/mol. The van der Waals surface area contributed by atoms with E-state index in [1.165, 1.54) is 6.07 Å². The lowest BCUT2D eigenvalue weighted by Crippen LogP contribution is -2.13. The van der Waals surface area contributed by atoms with Gasteiger partial charge >= 0.3 is 5.97 Å². The van der Waals surface area contributed by atoms with Crippen LogP contribution in [0.15, 0.2) is 12.1 Å². The maximum atomic E-state index is 13.6. The topological polar surface area (TPSA) is 81.4 Å². The van der Waals surface area contributed by atoms with Gasteiger partial charge in [-0.3, -0.25) is 4.21 Å². The minimum absolute atomic E-state index is 0.0283. The van der Waals surface area contributed by atoms with Crippen molar-refractivity contribution in [1.82, 2.24) is 0 Å². The van der Waals surface area contributed by atoms with Gasteiger partial charge in [-0.1, -0.05) is 0 Å². The molecule has 1 aromatic rings. The van der Waals surface area contributed by atoms with Gasteiger partial charge in [-0.25, -0.2) is 9.18 Å². The van der Waals surface area contributed by atoms with E-state index < -0.39 is 22.6 Å². The summed E-state index contributed by atoms with van der Waals surface area (Å²) in [5.74, 6) is -0.770. The Labute approximate surface area is 113 Å². The molecule has 0 amide bonds. The zero-order chi connectivity index (χ0) is 14.4. The van der Waals surface area contributed by atoms with E-state index in [-0.39, 0.29) is 23.5 Å². The highest BCUT2D eigenvalue weighted by atomic mass is 32.2. The first-order valence-electron chi connectivity index (χ1n) is 5.75. The van der Waals surface area contributed by atoms with Gasteiger partial charge in [-0.15, -0.1) is 0 Å². The number of nitrogen functional groups attached to an aromatic ring is 1. The molecule has 1 rings (SSSR count). The Morgan fingerprint density at radius 1 is 1.53 bits per heavy atom. The molecule has 0 aliphatic rings. The fraction of sp³-hybridized carbons (Fsp3) is 0.417. The molecule has 0 bridgehead atoms. The smallest absolute Gasteiger partial charge is 0.340 e. The van der Waals surface area contributed by atoms with Gasteiger partial charge in [0.1, 0.15) is 5.82 Å². The van der Waals surface area contributed by atoms with Gasteiger partial charge in [0, 0.05) is 35.0 Å². The summed E-state index contributed by atoms with van der Waals surface area (Å²) in [5, 5.41) is 2.78. The van der Waals surface area contributed by atoms with E-state index in [1.54, 1.807) is 13.2 Å². The molecule has 106 valence electrons. The number of benzene rings is 1. The number of hydrogen-bond acceptors (Lipinski definition) is 5. The van der Waals surface area contributed by atoms with E-state index in [0.29, 0.717) is 12.3 Å². The number of carbonyl (C=O) groups is 1. The third kappa shape index (κ3) is 4.51. The Kier molecular flexibility index (Phi) is 5.75. The summed E-state index contributed by atoms with van der Waals surface area (Å²) in [7, 11) is -0.969. The molecule has 0 aliphatic heterocycles. The quantitative estimate of drug-likeness (QED) is 0.610.